The van der Waals surface area contributed by atoms with Crippen molar-refractivity contribution in [3.63, 3.8) is 0 Å². The number of hydrogen-bond donors (Lipinski definition) is 0. The molecule has 0 spiro atoms. The summed E-state index contributed by atoms with van der Waals surface area (Å²) in [4.78, 5) is 27.2. The van der Waals surface area contributed by atoms with E-state index in [1.54, 1.807) is 36.4 Å². The molecule has 1 heterocycles. The van der Waals surface area contributed by atoms with Crippen molar-refractivity contribution in [2.75, 3.05) is 11.4 Å². The topological polar surface area (TPSA) is 64.4 Å². The Labute approximate surface area is 128 Å². The average Bonchev–Trinajstić information content (AvgIpc) is 2.84. The van der Waals surface area contributed by atoms with Crippen molar-refractivity contribution in [2.24, 2.45) is 0 Å². The second-order valence-corrected chi connectivity index (χ2v) is 4.95. The van der Waals surface area contributed by atoms with Crippen LogP contribution in [0.5, 0.6) is 0 Å². The summed E-state index contributed by atoms with van der Waals surface area (Å²) in [5.74, 6) is -0.262. The molecule has 5 heteroatoms. The Kier molecular flexibility index (Phi) is 3.58. The summed E-state index contributed by atoms with van der Waals surface area (Å²) < 4.78 is 0. The number of amides is 3. The van der Waals surface area contributed by atoms with E-state index in [9.17, 15) is 9.59 Å². The van der Waals surface area contributed by atoms with E-state index in [4.69, 9.17) is 5.26 Å². The predicted octanol–water partition coefficient (Wildman–Crippen LogP) is 2.53. The maximum absolute atomic E-state index is 12.5. The van der Waals surface area contributed by atoms with Crippen LogP contribution in [0.25, 0.3) is 0 Å². The molecule has 5 nitrogen and oxygen atoms in total. The summed E-state index contributed by atoms with van der Waals surface area (Å²) in [5, 5.41) is 9.11. The van der Waals surface area contributed by atoms with Gasteiger partial charge in [0.2, 0.25) is 0 Å². The van der Waals surface area contributed by atoms with Crippen LogP contribution in [0.15, 0.2) is 54.6 Å². The van der Waals surface area contributed by atoms with Crippen molar-refractivity contribution < 1.29 is 9.59 Å². The summed E-state index contributed by atoms with van der Waals surface area (Å²) in [5.41, 5.74) is 1.83. The quantitative estimate of drug-likeness (QED) is 0.816. The lowest BCUT2D eigenvalue weighted by molar-refractivity contribution is -0.125. The van der Waals surface area contributed by atoms with E-state index >= 15 is 0 Å². The van der Waals surface area contributed by atoms with Gasteiger partial charge in [0.05, 0.1) is 18.2 Å². The second-order valence-electron chi connectivity index (χ2n) is 4.95. The summed E-state index contributed by atoms with van der Waals surface area (Å²) >= 11 is 0. The summed E-state index contributed by atoms with van der Waals surface area (Å²) in [6.07, 6.45) is 0. The normalized spacial score (nSPS) is 14.3. The largest absolute Gasteiger partial charge is 0.332 e. The van der Waals surface area contributed by atoms with Crippen molar-refractivity contribution in [3.8, 4) is 6.07 Å². The van der Waals surface area contributed by atoms with Crippen LogP contribution in [0.4, 0.5) is 10.5 Å². The lowest BCUT2D eigenvalue weighted by Gasteiger charge is -2.17. The third-order valence-corrected chi connectivity index (χ3v) is 3.59. The molecule has 3 amide bonds. The lowest BCUT2D eigenvalue weighted by atomic mass is 10.1. The Bertz CT molecular complexity index is 765. The van der Waals surface area contributed by atoms with Crippen molar-refractivity contribution in [1.29, 1.82) is 5.26 Å². The highest BCUT2D eigenvalue weighted by Crippen LogP contribution is 2.22. The number of hydrogen-bond acceptors (Lipinski definition) is 3. The standard InChI is InChI=1S/C17H13N3O2/c18-10-13-6-4-5-7-14(13)11-20-16(21)12-19(17(20)22)15-8-2-1-3-9-15/h1-9H,11-12H2. The zero-order valence-electron chi connectivity index (χ0n) is 11.8. The van der Waals surface area contributed by atoms with Gasteiger partial charge in [-0.05, 0) is 23.8 Å². The molecular weight excluding hydrogens is 278 g/mol. The van der Waals surface area contributed by atoms with Crippen LogP contribution in [0.1, 0.15) is 11.1 Å². The summed E-state index contributed by atoms with van der Waals surface area (Å²) in [6, 6.07) is 17.8. The number of urea groups is 1. The molecule has 0 aromatic heterocycles. The fourth-order valence-corrected chi connectivity index (χ4v) is 2.44. The van der Waals surface area contributed by atoms with E-state index < -0.39 is 0 Å². The number of para-hydroxylation sites is 1. The molecular formula is C17H13N3O2. The first-order valence-corrected chi connectivity index (χ1v) is 6.85. The van der Waals surface area contributed by atoms with Crippen molar-refractivity contribution >= 4 is 17.6 Å². The highest BCUT2D eigenvalue weighted by atomic mass is 16.2. The van der Waals surface area contributed by atoms with Gasteiger partial charge < -0.3 is 0 Å². The molecule has 0 radical (unpaired) electrons. The number of anilines is 1. The molecule has 2 aromatic rings. The highest BCUT2D eigenvalue weighted by Gasteiger charge is 2.36. The van der Waals surface area contributed by atoms with E-state index in [0.29, 0.717) is 16.8 Å². The van der Waals surface area contributed by atoms with Gasteiger partial charge in [0.25, 0.3) is 5.91 Å². The summed E-state index contributed by atoms with van der Waals surface area (Å²) in [7, 11) is 0. The lowest BCUT2D eigenvalue weighted by Crippen LogP contribution is -2.32. The Hall–Kier alpha value is -3.13. The SMILES string of the molecule is N#Cc1ccccc1CN1C(=O)CN(c2ccccc2)C1=O. The molecule has 1 aliphatic heterocycles. The van der Waals surface area contributed by atoms with E-state index in [-0.39, 0.29) is 25.0 Å². The third-order valence-electron chi connectivity index (χ3n) is 3.59. The molecule has 2 aromatic carbocycles. The molecule has 22 heavy (non-hydrogen) atoms. The van der Waals surface area contributed by atoms with Crippen LogP contribution in [-0.2, 0) is 11.3 Å². The molecule has 0 unspecified atom stereocenters. The monoisotopic (exact) mass is 291 g/mol. The van der Waals surface area contributed by atoms with Gasteiger partial charge in [-0.25, -0.2) is 4.79 Å². The van der Waals surface area contributed by atoms with Crippen LogP contribution in [-0.4, -0.2) is 23.4 Å². The molecule has 108 valence electrons. The number of nitriles is 1. The fourth-order valence-electron chi connectivity index (χ4n) is 2.44. The predicted molar refractivity (Wildman–Crippen MR) is 80.9 cm³/mol. The average molecular weight is 291 g/mol. The first-order valence-electron chi connectivity index (χ1n) is 6.85. The van der Waals surface area contributed by atoms with Gasteiger partial charge >= 0.3 is 6.03 Å². The molecule has 0 bridgehead atoms. The van der Waals surface area contributed by atoms with Gasteiger partial charge in [-0.2, -0.15) is 5.26 Å². The summed E-state index contributed by atoms with van der Waals surface area (Å²) in [6.45, 7) is 0.141. The van der Waals surface area contributed by atoms with Crippen LogP contribution in [0.3, 0.4) is 0 Å². The molecule has 3 rings (SSSR count). The van der Waals surface area contributed by atoms with Crippen LogP contribution in [0, 0.1) is 11.3 Å². The van der Waals surface area contributed by atoms with E-state index in [0.717, 1.165) is 0 Å². The number of carbonyl (C=O) groups is 2. The number of carbonyl (C=O) groups excluding carboxylic acids is 2. The van der Waals surface area contributed by atoms with Crippen LogP contribution < -0.4 is 4.90 Å². The number of nitrogens with zero attached hydrogens (tertiary/aromatic N) is 3. The molecule has 0 saturated carbocycles. The Morgan fingerprint density at radius 2 is 1.68 bits per heavy atom. The smallest absolute Gasteiger partial charge is 0.285 e. The van der Waals surface area contributed by atoms with Crippen LogP contribution >= 0.6 is 0 Å². The van der Waals surface area contributed by atoms with Gasteiger partial charge in [0, 0.05) is 5.69 Å². The van der Waals surface area contributed by atoms with E-state index in [1.165, 1.54) is 9.80 Å². The minimum Gasteiger partial charge on any atom is -0.285 e. The van der Waals surface area contributed by atoms with Crippen molar-refractivity contribution in [2.45, 2.75) is 6.54 Å². The number of rotatable bonds is 3. The zero-order valence-corrected chi connectivity index (χ0v) is 11.8. The third kappa shape index (κ3) is 2.42. The van der Waals surface area contributed by atoms with Gasteiger partial charge in [0.1, 0.15) is 6.54 Å². The van der Waals surface area contributed by atoms with Crippen molar-refractivity contribution in [1.82, 2.24) is 4.90 Å². The van der Waals surface area contributed by atoms with Gasteiger partial charge in [-0.1, -0.05) is 36.4 Å². The Morgan fingerprint density at radius 1 is 1.00 bits per heavy atom. The molecule has 1 saturated heterocycles. The molecule has 0 N–H and O–H groups in total. The molecule has 1 fully saturated rings. The highest BCUT2D eigenvalue weighted by molar-refractivity contribution is 6.12. The maximum Gasteiger partial charge on any atom is 0.332 e. The first kappa shape index (κ1) is 13.8. The zero-order chi connectivity index (χ0) is 15.5. The maximum atomic E-state index is 12.5. The van der Waals surface area contributed by atoms with Gasteiger partial charge in [-0.15, -0.1) is 0 Å². The first-order chi connectivity index (χ1) is 10.7. The fraction of sp³-hybridized carbons (Fsp3) is 0.118. The molecule has 0 aliphatic carbocycles. The van der Waals surface area contributed by atoms with E-state index in [2.05, 4.69) is 6.07 Å². The van der Waals surface area contributed by atoms with Gasteiger partial charge in [-0.3, -0.25) is 14.6 Å². The number of imide groups is 1. The van der Waals surface area contributed by atoms with Crippen LogP contribution in [0.2, 0.25) is 0 Å². The second kappa shape index (κ2) is 5.70. The Balaban J connectivity index is 1.85. The van der Waals surface area contributed by atoms with Gasteiger partial charge in [0.15, 0.2) is 0 Å². The van der Waals surface area contributed by atoms with E-state index in [1.807, 2.05) is 18.2 Å². The minimum atomic E-state index is -0.357. The number of benzene rings is 2. The minimum absolute atomic E-state index is 0.0254. The van der Waals surface area contributed by atoms with Crippen molar-refractivity contribution in [3.05, 3.63) is 65.7 Å². The Morgan fingerprint density at radius 3 is 2.41 bits per heavy atom. The molecule has 0 atom stereocenters. The molecule has 1 aliphatic rings.